The molecule has 0 fully saturated rings. The van der Waals surface area contributed by atoms with Gasteiger partial charge in [-0.25, -0.2) is 0 Å². The molecule has 0 bridgehead atoms. The summed E-state index contributed by atoms with van der Waals surface area (Å²) in [5.41, 5.74) is 2.80. The van der Waals surface area contributed by atoms with E-state index >= 15 is 0 Å². The molecule has 2 rings (SSSR count). The molecule has 0 aliphatic heterocycles. The van der Waals surface area contributed by atoms with E-state index in [4.69, 9.17) is 4.74 Å². The number of aryl methyl sites for hydroxylation is 1. The Labute approximate surface area is 85.3 Å². The van der Waals surface area contributed by atoms with Crippen LogP contribution in [-0.2, 0) is 6.42 Å². The largest absolute Gasteiger partial charge is 0.496 e. The number of hydrogen-bond acceptors (Lipinski definition) is 2. The van der Waals surface area contributed by atoms with Crippen molar-refractivity contribution in [2.45, 2.75) is 25.3 Å². The van der Waals surface area contributed by atoms with E-state index in [2.05, 4.69) is 23.5 Å². The molecule has 0 saturated carbocycles. The molecule has 14 heavy (non-hydrogen) atoms. The lowest BCUT2D eigenvalue weighted by Crippen LogP contribution is -2.22. The molecule has 1 aromatic carbocycles. The van der Waals surface area contributed by atoms with Crippen LogP contribution in [0.3, 0.4) is 0 Å². The molecule has 1 aromatic rings. The maximum absolute atomic E-state index is 5.40. The second kappa shape index (κ2) is 4.01. The lowest BCUT2D eigenvalue weighted by atomic mass is 9.87. The third-order valence-corrected chi connectivity index (χ3v) is 3.01. The zero-order valence-electron chi connectivity index (χ0n) is 8.84. The fourth-order valence-corrected chi connectivity index (χ4v) is 2.31. The summed E-state index contributed by atoms with van der Waals surface area (Å²) in [6.07, 6.45) is 3.67. The van der Waals surface area contributed by atoms with Crippen molar-refractivity contribution >= 4 is 0 Å². The fraction of sp³-hybridized carbons (Fsp3) is 0.500. The average molecular weight is 191 g/mol. The van der Waals surface area contributed by atoms with Crippen molar-refractivity contribution in [1.29, 1.82) is 0 Å². The Hall–Kier alpha value is -1.02. The van der Waals surface area contributed by atoms with E-state index < -0.39 is 0 Å². The van der Waals surface area contributed by atoms with Gasteiger partial charge < -0.3 is 10.1 Å². The zero-order chi connectivity index (χ0) is 9.97. The van der Waals surface area contributed by atoms with Crippen LogP contribution < -0.4 is 10.1 Å². The standard InChI is InChI=1S/C12H17NO/c1-13-10-7-3-5-9-6-4-8-11(14-2)12(9)10/h4,6,8,10,13H,3,5,7H2,1-2H3. The van der Waals surface area contributed by atoms with Crippen molar-refractivity contribution < 1.29 is 4.74 Å². The third kappa shape index (κ3) is 1.50. The summed E-state index contributed by atoms with van der Waals surface area (Å²) in [6.45, 7) is 0. The summed E-state index contributed by atoms with van der Waals surface area (Å²) >= 11 is 0. The van der Waals surface area contributed by atoms with E-state index in [1.165, 1.54) is 30.4 Å². The Kier molecular flexibility index (Phi) is 2.73. The number of ether oxygens (including phenoxy) is 1. The Balaban J connectivity index is 2.46. The summed E-state index contributed by atoms with van der Waals surface area (Å²) < 4.78 is 5.40. The molecule has 2 heteroatoms. The Morgan fingerprint density at radius 3 is 3.00 bits per heavy atom. The van der Waals surface area contributed by atoms with Crippen LogP contribution in [0.2, 0.25) is 0 Å². The number of hydrogen-bond donors (Lipinski definition) is 1. The fourth-order valence-electron chi connectivity index (χ4n) is 2.31. The van der Waals surface area contributed by atoms with Crippen molar-refractivity contribution in [1.82, 2.24) is 5.32 Å². The second-order valence-electron chi connectivity index (χ2n) is 3.77. The Morgan fingerprint density at radius 2 is 2.29 bits per heavy atom. The van der Waals surface area contributed by atoms with Gasteiger partial charge in [0.1, 0.15) is 5.75 Å². The van der Waals surface area contributed by atoms with E-state index in [9.17, 15) is 0 Å². The molecule has 2 nitrogen and oxygen atoms in total. The SMILES string of the molecule is CNC1CCCc2cccc(OC)c21. The topological polar surface area (TPSA) is 21.3 Å². The number of nitrogens with one attached hydrogen (secondary N) is 1. The smallest absolute Gasteiger partial charge is 0.123 e. The molecule has 1 unspecified atom stereocenters. The molecule has 0 radical (unpaired) electrons. The summed E-state index contributed by atoms with van der Waals surface area (Å²) in [7, 11) is 3.77. The first-order valence-electron chi connectivity index (χ1n) is 5.20. The van der Waals surface area contributed by atoms with Gasteiger partial charge in [-0.05, 0) is 37.9 Å². The monoisotopic (exact) mass is 191 g/mol. The summed E-state index contributed by atoms with van der Waals surface area (Å²) in [6, 6.07) is 6.81. The van der Waals surface area contributed by atoms with Crippen LogP contribution in [0.25, 0.3) is 0 Å². The molecule has 76 valence electrons. The van der Waals surface area contributed by atoms with Crippen LogP contribution in [-0.4, -0.2) is 14.2 Å². The molecule has 1 atom stereocenters. The van der Waals surface area contributed by atoms with E-state index in [1.54, 1.807) is 7.11 Å². The molecule has 1 N–H and O–H groups in total. The molecule has 0 spiro atoms. The minimum atomic E-state index is 0.467. The molecule has 0 aromatic heterocycles. The molecule has 0 amide bonds. The Morgan fingerprint density at radius 1 is 1.43 bits per heavy atom. The quantitative estimate of drug-likeness (QED) is 0.774. The summed E-state index contributed by atoms with van der Waals surface area (Å²) in [5, 5.41) is 3.35. The normalized spacial score (nSPS) is 20.3. The number of benzene rings is 1. The predicted molar refractivity (Wildman–Crippen MR) is 57.7 cm³/mol. The second-order valence-corrected chi connectivity index (χ2v) is 3.77. The molecule has 1 aliphatic carbocycles. The van der Waals surface area contributed by atoms with Crippen molar-refractivity contribution in [3.63, 3.8) is 0 Å². The molecule has 1 aliphatic rings. The van der Waals surface area contributed by atoms with Crippen LogP contribution >= 0.6 is 0 Å². The van der Waals surface area contributed by atoms with Gasteiger partial charge in [0.15, 0.2) is 0 Å². The van der Waals surface area contributed by atoms with Crippen LogP contribution in [0.15, 0.2) is 18.2 Å². The van der Waals surface area contributed by atoms with Crippen LogP contribution in [0.1, 0.15) is 30.0 Å². The van der Waals surface area contributed by atoms with Crippen LogP contribution in [0.5, 0.6) is 5.75 Å². The highest BCUT2D eigenvalue weighted by molar-refractivity contribution is 5.43. The highest BCUT2D eigenvalue weighted by Crippen LogP contribution is 2.35. The first kappa shape index (κ1) is 9.53. The van der Waals surface area contributed by atoms with Gasteiger partial charge in [0.25, 0.3) is 0 Å². The van der Waals surface area contributed by atoms with Crippen LogP contribution in [0.4, 0.5) is 0 Å². The van der Waals surface area contributed by atoms with Gasteiger partial charge in [0.05, 0.1) is 7.11 Å². The molecular weight excluding hydrogens is 174 g/mol. The Bertz CT molecular complexity index is 308. The minimum absolute atomic E-state index is 0.467. The lowest BCUT2D eigenvalue weighted by molar-refractivity contribution is 0.390. The summed E-state index contributed by atoms with van der Waals surface area (Å²) in [4.78, 5) is 0. The number of rotatable bonds is 2. The number of methoxy groups -OCH3 is 1. The van der Waals surface area contributed by atoms with Gasteiger partial charge in [-0.2, -0.15) is 0 Å². The molecular formula is C12H17NO. The molecule has 0 heterocycles. The van der Waals surface area contributed by atoms with Crippen molar-refractivity contribution in [3.8, 4) is 5.75 Å². The summed E-state index contributed by atoms with van der Waals surface area (Å²) in [5.74, 6) is 1.03. The molecule has 0 saturated heterocycles. The van der Waals surface area contributed by atoms with E-state index in [0.29, 0.717) is 6.04 Å². The predicted octanol–water partition coefficient (Wildman–Crippen LogP) is 2.29. The van der Waals surface area contributed by atoms with E-state index in [0.717, 1.165) is 5.75 Å². The van der Waals surface area contributed by atoms with Crippen molar-refractivity contribution in [3.05, 3.63) is 29.3 Å². The number of fused-ring (bicyclic) bond motifs is 1. The maximum Gasteiger partial charge on any atom is 0.123 e. The van der Waals surface area contributed by atoms with Gasteiger partial charge >= 0.3 is 0 Å². The zero-order valence-corrected chi connectivity index (χ0v) is 8.84. The lowest BCUT2D eigenvalue weighted by Gasteiger charge is -2.26. The maximum atomic E-state index is 5.40. The van der Waals surface area contributed by atoms with E-state index in [-0.39, 0.29) is 0 Å². The first-order chi connectivity index (χ1) is 6.86. The van der Waals surface area contributed by atoms with Crippen molar-refractivity contribution in [2.24, 2.45) is 0 Å². The van der Waals surface area contributed by atoms with Crippen molar-refractivity contribution in [2.75, 3.05) is 14.2 Å². The van der Waals surface area contributed by atoms with Gasteiger partial charge in [-0.1, -0.05) is 12.1 Å². The highest BCUT2D eigenvalue weighted by Gasteiger charge is 2.21. The van der Waals surface area contributed by atoms with Crippen LogP contribution in [0, 0.1) is 0 Å². The van der Waals surface area contributed by atoms with Gasteiger partial charge in [0.2, 0.25) is 0 Å². The minimum Gasteiger partial charge on any atom is -0.496 e. The highest BCUT2D eigenvalue weighted by atomic mass is 16.5. The third-order valence-electron chi connectivity index (χ3n) is 3.01. The van der Waals surface area contributed by atoms with Gasteiger partial charge in [-0.15, -0.1) is 0 Å². The van der Waals surface area contributed by atoms with E-state index in [1.807, 2.05) is 7.05 Å². The average Bonchev–Trinajstić information content (AvgIpc) is 2.27. The van der Waals surface area contributed by atoms with Gasteiger partial charge in [-0.3, -0.25) is 0 Å². The first-order valence-corrected chi connectivity index (χ1v) is 5.20. The van der Waals surface area contributed by atoms with Gasteiger partial charge in [0, 0.05) is 11.6 Å².